The van der Waals surface area contributed by atoms with Crippen molar-refractivity contribution in [2.45, 2.75) is 109 Å². The molecule has 1 aromatic carbocycles. The van der Waals surface area contributed by atoms with Crippen molar-refractivity contribution in [3.63, 3.8) is 0 Å². The van der Waals surface area contributed by atoms with Crippen LogP contribution < -0.4 is 0 Å². The highest BCUT2D eigenvalue weighted by Crippen LogP contribution is 2.37. The summed E-state index contributed by atoms with van der Waals surface area (Å²) in [6.45, 7) is 5.90. The van der Waals surface area contributed by atoms with Crippen molar-refractivity contribution in [2.24, 2.45) is 5.92 Å². The van der Waals surface area contributed by atoms with Gasteiger partial charge in [-0.25, -0.2) is 0 Å². The summed E-state index contributed by atoms with van der Waals surface area (Å²) in [5.74, 6) is 0.604. The van der Waals surface area contributed by atoms with Gasteiger partial charge in [0.2, 0.25) is 0 Å². The molecule has 0 aliphatic carbocycles. The molecule has 0 saturated carbocycles. The molecule has 29 heavy (non-hydrogen) atoms. The third-order valence-electron chi connectivity index (χ3n) is 6.17. The minimum absolute atomic E-state index is 0.0994. The molecule has 0 radical (unpaired) electrons. The number of methoxy groups -OCH3 is 1. The van der Waals surface area contributed by atoms with Crippen LogP contribution in [0.2, 0.25) is 0 Å². The molecule has 1 aliphatic heterocycles. The minimum atomic E-state index is -0.200. The third-order valence-corrected chi connectivity index (χ3v) is 6.17. The first kappa shape index (κ1) is 24.4. The Kier molecular flexibility index (Phi) is 11.9. The first-order valence-corrected chi connectivity index (χ1v) is 12.0. The Bertz CT molecular complexity index is 518. The summed E-state index contributed by atoms with van der Waals surface area (Å²) in [6.07, 6.45) is 15.2. The molecule has 3 nitrogen and oxygen atoms in total. The Morgan fingerprint density at radius 3 is 2.28 bits per heavy atom. The number of unbranched alkanes of at least 4 members (excludes halogenated alkanes) is 8. The zero-order valence-corrected chi connectivity index (χ0v) is 19.2. The van der Waals surface area contributed by atoms with E-state index >= 15 is 0 Å². The van der Waals surface area contributed by atoms with Crippen LogP contribution in [0.1, 0.15) is 96.5 Å². The fraction of sp³-hybridized carbons (Fsp3) is 0.769. The van der Waals surface area contributed by atoms with Crippen molar-refractivity contribution in [1.29, 1.82) is 0 Å². The quantitative estimate of drug-likeness (QED) is 0.287. The summed E-state index contributed by atoms with van der Waals surface area (Å²) >= 11 is 0. The van der Waals surface area contributed by atoms with Gasteiger partial charge in [0.1, 0.15) is 0 Å². The molecule has 1 saturated heterocycles. The molecule has 166 valence electrons. The molecular weight excluding hydrogens is 360 g/mol. The molecule has 0 amide bonds. The van der Waals surface area contributed by atoms with Crippen molar-refractivity contribution in [3.05, 3.63) is 35.9 Å². The Morgan fingerprint density at radius 2 is 1.62 bits per heavy atom. The first-order valence-electron chi connectivity index (χ1n) is 12.0. The highest BCUT2D eigenvalue weighted by atomic mass is 16.7. The van der Waals surface area contributed by atoms with Crippen molar-refractivity contribution < 1.29 is 14.2 Å². The lowest BCUT2D eigenvalue weighted by Crippen LogP contribution is -2.47. The summed E-state index contributed by atoms with van der Waals surface area (Å²) in [6, 6.07) is 10.4. The lowest BCUT2D eigenvalue weighted by Gasteiger charge is -2.43. The van der Waals surface area contributed by atoms with E-state index in [0.717, 1.165) is 19.3 Å². The van der Waals surface area contributed by atoms with E-state index in [4.69, 9.17) is 14.2 Å². The Balaban J connectivity index is 1.76. The molecule has 1 fully saturated rings. The molecule has 3 atom stereocenters. The van der Waals surface area contributed by atoms with Crippen LogP contribution in [0.25, 0.3) is 0 Å². The van der Waals surface area contributed by atoms with Gasteiger partial charge in [-0.05, 0) is 24.3 Å². The monoisotopic (exact) mass is 404 g/mol. The molecular formula is C26H44O3. The predicted octanol–water partition coefficient (Wildman–Crippen LogP) is 7.28. The molecule has 0 aromatic heterocycles. The van der Waals surface area contributed by atoms with E-state index < -0.39 is 0 Å². The van der Waals surface area contributed by atoms with Crippen LogP contribution in [0.3, 0.4) is 0 Å². The van der Waals surface area contributed by atoms with Crippen LogP contribution in [-0.2, 0) is 20.8 Å². The Morgan fingerprint density at radius 1 is 0.966 bits per heavy atom. The number of hydrogen-bond donors (Lipinski definition) is 0. The van der Waals surface area contributed by atoms with Crippen molar-refractivity contribution >= 4 is 0 Å². The van der Waals surface area contributed by atoms with Crippen LogP contribution in [0.4, 0.5) is 0 Å². The van der Waals surface area contributed by atoms with E-state index in [-0.39, 0.29) is 11.9 Å². The molecule has 1 aliphatic rings. The van der Waals surface area contributed by atoms with Gasteiger partial charge in [-0.2, -0.15) is 0 Å². The lowest BCUT2D eigenvalue weighted by atomic mass is 9.83. The minimum Gasteiger partial charge on any atom is -0.374 e. The van der Waals surface area contributed by atoms with Gasteiger partial charge in [-0.1, -0.05) is 102 Å². The van der Waals surface area contributed by atoms with Crippen LogP contribution in [0.5, 0.6) is 0 Å². The van der Waals surface area contributed by atoms with Gasteiger partial charge in [0, 0.05) is 13.5 Å². The molecule has 0 N–H and O–H groups in total. The van der Waals surface area contributed by atoms with E-state index in [9.17, 15) is 0 Å². The van der Waals surface area contributed by atoms with Gasteiger partial charge in [0.15, 0.2) is 6.29 Å². The molecule has 1 unspecified atom stereocenters. The molecule has 1 heterocycles. The van der Waals surface area contributed by atoms with Gasteiger partial charge in [-0.3, -0.25) is 0 Å². The molecule has 2 rings (SSSR count). The molecule has 3 heteroatoms. The summed E-state index contributed by atoms with van der Waals surface area (Å²) in [5.41, 5.74) is 1.02. The van der Waals surface area contributed by atoms with Gasteiger partial charge in [0.05, 0.1) is 18.8 Å². The highest BCUT2D eigenvalue weighted by molar-refractivity contribution is 5.13. The van der Waals surface area contributed by atoms with Crippen LogP contribution in [-0.4, -0.2) is 25.6 Å². The second-order valence-corrected chi connectivity index (χ2v) is 9.07. The standard InChI is InChI=1S/C26H44O3/c1-4-5-6-7-8-9-10-11-15-18-26(20-23(2)19-25(27-3)29-26)22-28-21-24-16-13-12-14-17-24/h12-14,16-17,23,25H,4-11,15,18-22H2,1-3H3/t23-,25?,26+/m0/s1. The van der Waals surface area contributed by atoms with Crippen LogP contribution >= 0.6 is 0 Å². The second kappa shape index (κ2) is 14.2. The van der Waals surface area contributed by atoms with Gasteiger partial charge >= 0.3 is 0 Å². The van der Waals surface area contributed by atoms with E-state index in [0.29, 0.717) is 19.1 Å². The maximum absolute atomic E-state index is 6.46. The maximum Gasteiger partial charge on any atom is 0.158 e. The SMILES string of the molecule is CCCCCCCCCCC[C@]1(COCc2ccccc2)C[C@@H](C)CC(OC)O1. The van der Waals surface area contributed by atoms with Crippen molar-refractivity contribution in [1.82, 2.24) is 0 Å². The van der Waals surface area contributed by atoms with Crippen molar-refractivity contribution in [2.75, 3.05) is 13.7 Å². The van der Waals surface area contributed by atoms with E-state index in [1.54, 1.807) is 7.11 Å². The second-order valence-electron chi connectivity index (χ2n) is 9.07. The predicted molar refractivity (Wildman–Crippen MR) is 121 cm³/mol. The van der Waals surface area contributed by atoms with E-state index in [2.05, 4.69) is 38.1 Å². The smallest absolute Gasteiger partial charge is 0.158 e. The van der Waals surface area contributed by atoms with Crippen LogP contribution in [0.15, 0.2) is 30.3 Å². The van der Waals surface area contributed by atoms with E-state index in [1.807, 2.05) is 6.07 Å². The third kappa shape index (κ3) is 9.63. The topological polar surface area (TPSA) is 27.7 Å². The lowest BCUT2D eigenvalue weighted by molar-refractivity contribution is -0.255. The van der Waals surface area contributed by atoms with Crippen LogP contribution in [0, 0.1) is 5.92 Å². The Hall–Kier alpha value is -0.900. The average molecular weight is 405 g/mol. The van der Waals surface area contributed by atoms with Gasteiger partial charge < -0.3 is 14.2 Å². The zero-order valence-electron chi connectivity index (χ0n) is 19.2. The van der Waals surface area contributed by atoms with E-state index in [1.165, 1.54) is 63.4 Å². The Labute approximate surface area is 179 Å². The number of benzene rings is 1. The normalized spacial score (nSPS) is 24.7. The zero-order chi connectivity index (χ0) is 20.8. The van der Waals surface area contributed by atoms with Gasteiger partial charge in [0.25, 0.3) is 0 Å². The number of hydrogen-bond acceptors (Lipinski definition) is 3. The summed E-state index contributed by atoms with van der Waals surface area (Å²) < 4.78 is 18.2. The maximum atomic E-state index is 6.46. The fourth-order valence-electron chi connectivity index (χ4n) is 4.58. The highest BCUT2D eigenvalue weighted by Gasteiger charge is 2.40. The van der Waals surface area contributed by atoms with Crippen molar-refractivity contribution in [3.8, 4) is 0 Å². The largest absolute Gasteiger partial charge is 0.374 e. The summed E-state index contributed by atoms with van der Waals surface area (Å²) in [4.78, 5) is 0. The molecule has 1 aromatic rings. The average Bonchev–Trinajstić information content (AvgIpc) is 2.73. The fourth-order valence-corrected chi connectivity index (χ4v) is 4.58. The summed E-state index contributed by atoms with van der Waals surface area (Å²) in [7, 11) is 1.76. The number of ether oxygens (including phenoxy) is 3. The number of rotatable bonds is 15. The van der Waals surface area contributed by atoms with Gasteiger partial charge in [-0.15, -0.1) is 0 Å². The summed E-state index contributed by atoms with van der Waals surface area (Å²) in [5, 5.41) is 0. The first-order chi connectivity index (χ1) is 14.2. The molecule has 0 spiro atoms. The molecule has 0 bridgehead atoms.